The predicted molar refractivity (Wildman–Crippen MR) is 77.8 cm³/mol. The van der Waals surface area contributed by atoms with Crippen LogP contribution in [0.1, 0.15) is 26.0 Å². The first-order valence-corrected chi connectivity index (χ1v) is 7.30. The van der Waals surface area contributed by atoms with E-state index in [0.29, 0.717) is 6.04 Å². The Morgan fingerprint density at radius 1 is 1.53 bits per heavy atom. The second-order valence-corrected chi connectivity index (χ2v) is 5.23. The third kappa shape index (κ3) is 3.94. The monoisotopic (exact) mass is 266 g/mol. The van der Waals surface area contributed by atoms with Crippen LogP contribution in [0.4, 0.5) is 5.95 Å². The number of piperazine rings is 1. The molecule has 1 N–H and O–H groups in total. The summed E-state index contributed by atoms with van der Waals surface area (Å²) < 4.78 is 7.68. The molecule has 19 heavy (non-hydrogen) atoms. The van der Waals surface area contributed by atoms with Gasteiger partial charge in [0.05, 0.1) is 5.69 Å². The lowest BCUT2D eigenvalue weighted by molar-refractivity contribution is 0.141. The number of aryl methyl sites for hydroxylation is 2. The van der Waals surface area contributed by atoms with Crippen molar-refractivity contribution < 1.29 is 4.74 Å². The van der Waals surface area contributed by atoms with Gasteiger partial charge in [-0.1, -0.05) is 0 Å². The Morgan fingerprint density at radius 2 is 2.37 bits per heavy atom. The summed E-state index contributed by atoms with van der Waals surface area (Å²) in [5.41, 5.74) is 1.09. The molecule has 0 unspecified atom stereocenters. The van der Waals surface area contributed by atoms with Gasteiger partial charge in [-0.2, -0.15) is 0 Å². The Labute approximate surface area is 116 Å². The first-order chi connectivity index (χ1) is 9.20. The van der Waals surface area contributed by atoms with Crippen molar-refractivity contribution in [1.29, 1.82) is 0 Å². The minimum atomic E-state index is 0.530. The van der Waals surface area contributed by atoms with Crippen LogP contribution in [0.15, 0.2) is 6.20 Å². The number of rotatable bonds is 6. The average molecular weight is 266 g/mol. The number of imidazole rings is 1. The van der Waals surface area contributed by atoms with E-state index in [1.807, 2.05) is 6.92 Å². The SMILES string of the molecule is CCOCCCn1cc(C)nc1N1CCN[C@H](C)C1. The van der Waals surface area contributed by atoms with Gasteiger partial charge in [0.1, 0.15) is 0 Å². The van der Waals surface area contributed by atoms with Crippen molar-refractivity contribution in [2.24, 2.45) is 0 Å². The van der Waals surface area contributed by atoms with Gasteiger partial charge in [0.25, 0.3) is 0 Å². The molecular formula is C14H26N4O. The van der Waals surface area contributed by atoms with Gasteiger partial charge in [-0.25, -0.2) is 4.98 Å². The molecular weight excluding hydrogens is 240 g/mol. The molecule has 0 bridgehead atoms. The van der Waals surface area contributed by atoms with Crippen molar-refractivity contribution in [2.75, 3.05) is 37.7 Å². The van der Waals surface area contributed by atoms with E-state index < -0.39 is 0 Å². The fourth-order valence-electron chi connectivity index (χ4n) is 2.55. The maximum atomic E-state index is 5.41. The highest BCUT2D eigenvalue weighted by Gasteiger charge is 2.20. The number of aromatic nitrogens is 2. The Morgan fingerprint density at radius 3 is 3.11 bits per heavy atom. The van der Waals surface area contributed by atoms with Gasteiger partial charge in [0.15, 0.2) is 0 Å². The summed E-state index contributed by atoms with van der Waals surface area (Å²) in [7, 11) is 0. The third-order valence-corrected chi connectivity index (χ3v) is 3.42. The zero-order chi connectivity index (χ0) is 13.7. The fourth-order valence-corrected chi connectivity index (χ4v) is 2.55. The number of nitrogens with zero attached hydrogens (tertiary/aromatic N) is 3. The molecule has 5 nitrogen and oxygen atoms in total. The minimum Gasteiger partial charge on any atom is -0.382 e. The van der Waals surface area contributed by atoms with Crippen LogP contribution in [-0.2, 0) is 11.3 Å². The fraction of sp³-hybridized carbons (Fsp3) is 0.786. The molecule has 1 saturated heterocycles. The third-order valence-electron chi connectivity index (χ3n) is 3.42. The smallest absolute Gasteiger partial charge is 0.205 e. The van der Waals surface area contributed by atoms with E-state index in [0.717, 1.165) is 57.5 Å². The van der Waals surface area contributed by atoms with E-state index >= 15 is 0 Å². The summed E-state index contributed by atoms with van der Waals surface area (Å²) in [4.78, 5) is 7.07. The van der Waals surface area contributed by atoms with Crippen LogP contribution in [0.3, 0.4) is 0 Å². The number of hydrogen-bond acceptors (Lipinski definition) is 4. The molecule has 0 spiro atoms. The van der Waals surface area contributed by atoms with Gasteiger partial charge in [-0.15, -0.1) is 0 Å². The Bertz CT molecular complexity index is 391. The van der Waals surface area contributed by atoms with Crippen LogP contribution in [0.25, 0.3) is 0 Å². The molecule has 0 amide bonds. The number of hydrogen-bond donors (Lipinski definition) is 1. The lowest BCUT2D eigenvalue weighted by Crippen LogP contribution is -2.50. The molecule has 2 rings (SSSR count). The maximum Gasteiger partial charge on any atom is 0.205 e. The van der Waals surface area contributed by atoms with E-state index in [2.05, 4.69) is 39.8 Å². The van der Waals surface area contributed by atoms with Gasteiger partial charge >= 0.3 is 0 Å². The lowest BCUT2D eigenvalue weighted by Gasteiger charge is -2.33. The lowest BCUT2D eigenvalue weighted by atomic mass is 10.2. The van der Waals surface area contributed by atoms with Crippen LogP contribution < -0.4 is 10.2 Å². The van der Waals surface area contributed by atoms with Crippen molar-refractivity contribution in [3.63, 3.8) is 0 Å². The van der Waals surface area contributed by atoms with Gasteiger partial charge in [-0.3, -0.25) is 0 Å². The summed E-state index contributed by atoms with van der Waals surface area (Å²) in [6, 6.07) is 0.530. The maximum absolute atomic E-state index is 5.41. The first kappa shape index (κ1) is 14.3. The Hall–Kier alpha value is -1.07. The second kappa shape index (κ2) is 6.91. The van der Waals surface area contributed by atoms with Gasteiger partial charge in [0.2, 0.25) is 5.95 Å². The zero-order valence-corrected chi connectivity index (χ0v) is 12.4. The van der Waals surface area contributed by atoms with E-state index in [4.69, 9.17) is 4.74 Å². The summed E-state index contributed by atoms with van der Waals surface area (Å²) >= 11 is 0. The molecule has 0 aliphatic carbocycles. The number of nitrogens with one attached hydrogen (secondary N) is 1. The summed E-state index contributed by atoms with van der Waals surface area (Å²) in [5, 5.41) is 3.47. The quantitative estimate of drug-likeness (QED) is 0.791. The number of anilines is 1. The van der Waals surface area contributed by atoms with Crippen LogP contribution in [0.2, 0.25) is 0 Å². The highest BCUT2D eigenvalue weighted by atomic mass is 16.5. The molecule has 108 valence electrons. The molecule has 1 aromatic heterocycles. The molecule has 1 aromatic rings. The topological polar surface area (TPSA) is 42.3 Å². The Kier molecular flexibility index (Phi) is 5.22. The van der Waals surface area contributed by atoms with Gasteiger partial charge in [0, 0.05) is 51.6 Å². The van der Waals surface area contributed by atoms with Crippen LogP contribution in [-0.4, -0.2) is 48.4 Å². The van der Waals surface area contributed by atoms with Crippen molar-refractivity contribution in [2.45, 2.75) is 39.8 Å². The molecule has 1 aliphatic heterocycles. The standard InChI is InChI=1S/C14H26N4O/c1-4-19-9-5-7-17-11-13(3)16-14(17)18-8-6-15-12(2)10-18/h11-12,15H,4-10H2,1-3H3/t12-/m1/s1. The largest absolute Gasteiger partial charge is 0.382 e. The normalized spacial score (nSPS) is 19.9. The molecule has 1 aliphatic rings. The van der Waals surface area contributed by atoms with Crippen molar-refractivity contribution in [1.82, 2.24) is 14.9 Å². The second-order valence-electron chi connectivity index (χ2n) is 5.23. The molecule has 1 atom stereocenters. The van der Waals surface area contributed by atoms with Crippen LogP contribution in [0, 0.1) is 6.92 Å². The summed E-state index contributed by atoms with van der Waals surface area (Å²) in [6.45, 7) is 12.0. The zero-order valence-electron chi connectivity index (χ0n) is 12.4. The van der Waals surface area contributed by atoms with Crippen molar-refractivity contribution in [3.05, 3.63) is 11.9 Å². The van der Waals surface area contributed by atoms with Crippen LogP contribution >= 0.6 is 0 Å². The molecule has 0 aromatic carbocycles. The van der Waals surface area contributed by atoms with E-state index in [9.17, 15) is 0 Å². The average Bonchev–Trinajstić information content (AvgIpc) is 2.76. The highest BCUT2D eigenvalue weighted by Crippen LogP contribution is 2.16. The molecule has 0 radical (unpaired) electrons. The molecule has 2 heterocycles. The van der Waals surface area contributed by atoms with Gasteiger partial charge in [-0.05, 0) is 27.2 Å². The van der Waals surface area contributed by atoms with E-state index in [1.54, 1.807) is 0 Å². The summed E-state index contributed by atoms with van der Waals surface area (Å²) in [6.07, 6.45) is 3.19. The van der Waals surface area contributed by atoms with E-state index in [1.165, 1.54) is 0 Å². The highest BCUT2D eigenvalue weighted by molar-refractivity contribution is 5.34. The summed E-state index contributed by atoms with van der Waals surface area (Å²) in [5.74, 6) is 1.11. The first-order valence-electron chi connectivity index (χ1n) is 7.30. The van der Waals surface area contributed by atoms with Crippen LogP contribution in [0.5, 0.6) is 0 Å². The van der Waals surface area contributed by atoms with Crippen molar-refractivity contribution in [3.8, 4) is 0 Å². The van der Waals surface area contributed by atoms with E-state index in [-0.39, 0.29) is 0 Å². The van der Waals surface area contributed by atoms with Crippen molar-refractivity contribution >= 4 is 5.95 Å². The minimum absolute atomic E-state index is 0.530. The predicted octanol–water partition coefficient (Wildman–Crippen LogP) is 1.42. The molecule has 1 fully saturated rings. The number of ether oxygens (including phenoxy) is 1. The van der Waals surface area contributed by atoms with Gasteiger partial charge < -0.3 is 19.5 Å². The molecule has 5 heteroatoms. The Balaban J connectivity index is 1.98. The molecule has 0 saturated carbocycles.